The molecule has 0 aromatic heterocycles. The fourth-order valence-electron chi connectivity index (χ4n) is 4.26. The highest BCUT2D eigenvalue weighted by Gasteiger charge is 2.53. The number of methoxy groups -OCH3 is 1. The first kappa shape index (κ1) is 30.6. The molecule has 2 fully saturated rings. The van der Waals surface area contributed by atoms with Crippen molar-refractivity contribution in [1.82, 2.24) is 4.90 Å². The Morgan fingerprint density at radius 1 is 0.825 bits per heavy atom. The third-order valence-electron chi connectivity index (χ3n) is 5.90. The highest BCUT2D eigenvalue weighted by atomic mass is 16.7. The predicted octanol–water partition coefficient (Wildman–Crippen LogP) is 0.630. The Kier molecular flexibility index (Phi) is 10.7. The van der Waals surface area contributed by atoms with E-state index in [1.54, 1.807) is 4.90 Å². The van der Waals surface area contributed by atoms with E-state index in [-0.39, 0.29) is 17.4 Å². The van der Waals surface area contributed by atoms with Crippen LogP contribution in [0.25, 0.3) is 0 Å². The molecule has 2 saturated heterocycles. The predicted molar refractivity (Wildman–Crippen MR) is 132 cm³/mol. The van der Waals surface area contributed by atoms with Gasteiger partial charge in [0, 0.05) is 46.3 Å². The van der Waals surface area contributed by atoms with Crippen LogP contribution >= 0.6 is 0 Å². The second kappa shape index (κ2) is 13.9. The lowest BCUT2D eigenvalue weighted by Gasteiger charge is -2.44. The smallest absolute Gasteiger partial charge is 0.303 e. The van der Waals surface area contributed by atoms with Crippen LogP contribution in [-0.4, -0.2) is 105 Å². The monoisotopic (exact) mass is 567 g/mol. The summed E-state index contributed by atoms with van der Waals surface area (Å²) >= 11 is 0. The molecule has 0 spiro atoms. The largest absolute Gasteiger partial charge is 0.493 e. The highest BCUT2D eigenvalue weighted by molar-refractivity contribution is 5.95. The summed E-state index contributed by atoms with van der Waals surface area (Å²) in [6.07, 6.45) is -6.76. The molecule has 220 valence electrons. The third kappa shape index (κ3) is 8.05. The van der Waals surface area contributed by atoms with Gasteiger partial charge in [0.1, 0.15) is 12.7 Å². The van der Waals surface area contributed by atoms with Crippen molar-refractivity contribution in [3.63, 3.8) is 0 Å². The van der Waals surface area contributed by atoms with Gasteiger partial charge in [-0.2, -0.15) is 0 Å². The number of ether oxygens (including phenoxy) is 8. The van der Waals surface area contributed by atoms with Gasteiger partial charge in [0.05, 0.1) is 20.3 Å². The maximum Gasteiger partial charge on any atom is 0.303 e. The Hall–Kier alpha value is -3.91. The molecule has 1 aromatic rings. The number of carbonyl (C=O) groups is 5. The van der Waals surface area contributed by atoms with Crippen LogP contribution in [0.15, 0.2) is 18.2 Å². The molecule has 2 aliphatic rings. The molecule has 2 aliphatic heterocycles. The zero-order chi connectivity index (χ0) is 29.4. The zero-order valence-electron chi connectivity index (χ0n) is 22.9. The van der Waals surface area contributed by atoms with Crippen molar-refractivity contribution in [3.8, 4) is 11.5 Å². The summed E-state index contributed by atoms with van der Waals surface area (Å²) in [6, 6.07) is 4.49. The van der Waals surface area contributed by atoms with Crippen LogP contribution in [0.5, 0.6) is 11.5 Å². The quantitative estimate of drug-likeness (QED) is 0.302. The zero-order valence-corrected chi connectivity index (χ0v) is 22.9. The summed E-state index contributed by atoms with van der Waals surface area (Å²) in [4.78, 5) is 62.0. The second-order valence-electron chi connectivity index (χ2n) is 8.96. The van der Waals surface area contributed by atoms with Gasteiger partial charge < -0.3 is 42.8 Å². The van der Waals surface area contributed by atoms with Crippen molar-refractivity contribution in [2.45, 2.75) is 58.4 Å². The molecule has 14 nitrogen and oxygen atoms in total. The lowest BCUT2D eigenvalue weighted by atomic mass is 9.98. The van der Waals surface area contributed by atoms with Crippen LogP contribution in [0.1, 0.15) is 38.1 Å². The average molecular weight is 568 g/mol. The van der Waals surface area contributed by atoms with Gasteiger partial charge in [0.25, 0.3) is 5.91 Å². The number of morpholine rings is 1. The number of hydrogen-bond acceptors (Lipinski definition) is 13. The van der Waals surface area contributed by atoms with Gasteiger partial charge in [-0.05, 0) is 18.2 Å². The summed E-state index contributed by atoms with van der Waals surface area (Å²) < 4.78 is 44.0. The molecule has 40 heavy (non-hydrogen) atoms. The number of esters is 4. The minimum Gasteiger partial charge on any atom is -0.493 e. The molecule has 0 bridgehead atoms. The molecule has 5 atom stereocenters. The Morgan fingerprint density at radius 2 is 1.43 bits per heavy atom. The van der Waals surface area contributed by atoms with E-state index in [0.29, 0.717) is 31.9 Å². The molecule has 2 heterocycles. The van der Waals surface area contributed by atoms with Crippen molar-refractivity contribution in [3.05, 3.63) is 23.8 Å². The molecule has 0 saturated carbocycles. The Morgan fingerprint density at radius 3 is 2.00 bits per heavy atom. The van der Waals surface area contributed by atoms with Crippen molar-refractivity contribution in [2.75, 3.05) is 40.0 Å². The summed E-state index contributed by atoms with van der Waals surface area (Å²) in [7, 11) is 1.37. The van der Waals surface area contributed by atoms with E-state index < -0.39 is 61.2 Å². The van der Waals surface area contributed by atoms with E-state index in [9.17, 15) is 24.0 Å². The van der Waals surface area contributed by atoms with Crippen LogP contribution < -0.4 is 9.47 Å². The number of nitrogens with zero attached hydrogens (tertiary/aromatic N) is 1. The highest BCUT2D eigenvalue weighted by Crippen LogP contribution is 2.35. The van der Waals surface area contributed by atoms with Gasteiger partial charge in [0.15, 0.2) is 23.7 Å². The van der Waals surface area contributed by atoms with Crippen LogP contribution in [0.2, 0.25) is 0 Å². The van der Waals surface area contributed by atoms with E-state index >= 15 is 0 Å². The summed E-state index contributed by atoms with van der Waals surface area (Å²) in [5.41, 5.74) is 0.340. The lowest BCUT2D eigenvalue weighted by Crippen LogP contribution is -2.63. The van der Waals surface area contributed by atoms with Gasteiger partial charge in [-0.1, -0.05) is 0 Å². The van der Waals surface area contributed by atoms with E-state index in [1.165, 1.54) is 32.2 Å². The van der Waals surface area contributed by atoms with Gasteiger partial charge in [0.2, 0.25) is 12.4 Å². The van der Waals surface area contributed by atoms with E-state index in [2.05, 4.69) is 0 Å². The molecule has 14 heteroatoms. The molecule has 1 aromatic carbocycles. The SMILES string of the molecule is COc1cc(C(=O)N2CCOCC2)ccc1O[C@@H]1O[C@@H](COC(C)=O)[C@@H](OC(C)=O)[C@H](OC(C)=O)[C@@H]1OC(C)=O. The number of rotatable bonds is 9. The van der Waals surface area contributed by atoms with E-state index in [4.69, 9.17) is 37.9 Å². The maximum absolute atomic E-state index is 12.9. The summed E-state index contributed by atoms with van der Waals surface area (Å²) in [5.74, 6) is -2.89. The Balaban J connectivity index is 1.96. The fraction of sp³-hybridized carbons (Fsp3) is 0.577. The molecule has 0 aliphatic carbocycles. The maximum atomic E-state index is 12.9. The van der Waals surface area contributed by atoms with Gasteiger partial charge in [-0.25, -0.2) is 0 Å². The van der Waals surface area contributed by atoms with Crippen molar-refractivity contribution >= 4 is 29.8 Å². The molecule has 0 unspecified atom stereocenters. The number of carbonyl (C=O) groups excluding carboxylic acids is 5. The third-order valence-corrected chi connectivity index (χ3v) is 5.90. The van der Waals surface area contributed by atoms with Gasteiger partial charge >= 0.3 is 23.9 Å². The van der Waals surface area contributed by atoms with Crippen LogP contribution in [0.4, 0.5) is 0 Å². The topological polar surface area (TPSA) is 162 Å². The molecule has 3 rings (SSSR count). The molecule has 0 radical (unpaired) electrons. The van der Waals surface area contributed by atoms with E-state index in [1.807, 2.05) is 0 Å². The standard InChI is InChI=1S/C26H33NO13/c1-14(28)35-13-21-22(36-15(2)29)23(37-16(3)30)24(38-17(4)31)26(40-21)39-19-7-6-18(12-20(19)33-5)25(32)27-8-10-34-11-9-27/h6-7,12,21-24,26H,8-11,13H2,1-5H3/t21-,22+,23-,24-,26+/m0/s1. The Labute approximate surface area is 230 Å². The average Bonchev–Trinajstić information content (AvgIpc) is 2.90. The lowest BCUT2D eigenvalue weighted by molar-refractivity contribution is -0.288. The minimum atomic E-state index is -1.45. The van der Waals surface area contributed by atoms with Gasteiger partial charge in [-0.15, -0.1) is 0 Å². The van der Waals surface area contributed by atoms with Crippen LogP contribution in [0.3, 0.4) is 0 Å². The van der Waals surface area contributed by atoms with Crippen molar-refractivity contribution < 1.29 is 61.9 Å². The van der Waals surface area contributed by atoms with Crippen LogP contribution in [-0.2, 0) is 47.6 Å². The Bertz CT molecular complexity index is 1100. The second-order valence-corrected chi connectivity index (χ2v) is 8.96. The first-order chi connectivity index (χ1) is 19.0. The number of hydrogen-bond donors (Lipinski definition) is 0. The molecular weight excluding hydrogens is 534 g/mol. The number of benzene rings is 1. The van der Waals surface area contributed by atoms with Gasteiger partial charge in [-0.3, -0.25) is 24.0 Å². The normalized spacial score (nSPS) is 24.3. The summed E-state index contributed by atoms with van der Waals surface area (Å²) in [6.45, 7) is 5.92. The summed E-state index contributed by atoms with van der Waals surface area (Å²) in [5, 5.41) is 0. The van der Waals surface area contributed by atoms with Crippen molar-refractivity contribution in [1.29, 1.82) is 0 Å². The molecule has 1 amide bonds. The minimum absolute atomic E-state index is 0.0990. The fourth-order valence-corrected chi connectivity index (χ4v) is 4.26. The number of amides is 1. The first-order valence-corrected chi connectivity index (χ1v) is 12.5. The molecular formula is C26H33NO13. The molecule has 0 N–H and O–H groups in total. The van der Waals surface area contributed by atoms with Crippen molar-refractivity contribution in [2.24, 2.45) is 0 Å². The first-order valence-electron chi connectivity index (χ1n) is 12.5. The van der Waals surface area contributed by atoms with E-state index in [0.717, 1.165) is 20.8 Å². The van der Waals surface area contributed by atoms with Crippen LogP contribution in [0, 0.1) is 0 Å².